The van der Waals surface area contributed by atoms with Gasteiger partial charge in [-0.3, -0.25) is 4.79 Å². The van der Waals surface area contributed by atoms with E-state index < -0.39 is 12.1 Å². The fraction of sp³-hybridized carbons (Fsp3) is 0.529. The van der Waals surface area contributed by atoms with E-state index in [1.807, 2.05) is 0 Å². The molecular formula is C17H23NO4. The van der Waals surface area contributed by atoms with Crippen molar-refractivity contribution in [3.05, 3.63) is 29.3 Å². The maximum absolute atomic E-state index is 12.1. The molecule has 0 aromatic heterocycles. The normalized spacial score (nSPS) is 16.8. The second kappa shape index (κ2) is 7.29. The largest absolute Gasteiger partial charge is 0.481 e. The summed E-state index contributed by atoms with van der Waals surface area (Å²) in [7, 11) is 0. The Hall–Kier alpha value is -2.04. The molecule has 1 aliphatic carbocycles. The van der Waals surface area contributed by atoms with Crippen molar-refractivity contribution in [2.45, 2.75) is 58.1 Å². The Morgan fingerprint density at radius 2 is 1.95 bits per heavy atom. The first-order valence-electron chi connectivity index (χ1n) is 7.78. The molecule has 0 spiro atoms. The van der Waals surface area contributed by atoms with Crippen molar-refractivity contribution in [1.29, 1.82) is 0 Å². The van der Waals surface area contributed by atoms with Gasteiger partial charge in [-0.2, -0.15) is 0 Å². The summed E-state index contributed by atoms with van der Waals surface area (Å²) in [4.78, 5) is 23.3. The number of aryl methyl sites for hydroxylation is 1. The summed E-state index contributed by atoms with van der Waals surface area (Å²) in [5, 5.41) is 12.1. The van der Waals surface area contributed by atoms with Crippen LogP contribution in [0.1, 0.15) is 54.9 Å². The monoisotopic (exact) mass is 305 g/mol. The number of amides is 1. The SMILES string of the molecule is Cc1ccc(OC(C)C(=O)NC2CCCCC2)cc1C(=O)O. The molecule has 2 N–H and O–H groups in total. The zero-order valence-corrected chi connectivity index (χ0v) is 13.1. The number of rotatable bonds is 5. The summed E-state index contributed by atoms with van der Waals surface area (Å²) in [6.45, 7) is 3.41. The Bertz CT molecular complexity index is 550. The molecule has 0 heterocycles. The number of nitrogens with one attached hydrogen (secondary N) is 1. The van der Waals surface area contributed by atoms with Crippen molar-refractivity contribution in [2.75, 3.05) is 0 Å². The number of carboxylic acids is 1. The van der Waals surface area contributed by atoms with E-state index in [2.05, 4.69) is 5.32 Å². The highest BCUT2D eigenvalue weighted by Gasteiger charge is 2.21. The molecule has 0 radical (unpaired) electrons. The third kappa shape index (κ3) is 4.23. The van der Waals surface area contributed by atoms with Gasteiger partial charge < -0.3 is 15.2 Å². The van der Waals surface area contributed by atoms with Crippen molar-refractivity contribution in [1.82, 2.24) is 5.32 Å². The third-order valence-corrected chi connectivity index (χ3v) is 4.07. The molecule has 0 saturated heterocycles. The lowest BCUT2D eigenvalue weighted by atomic mass is 9.95. The molecule has 5 heteroatoms. The maximum atomic E-state index is 12.1. The standard InChI is InChI=1S/C17H23NO4/c1-11-8-9-14(10-15(11)17(20)21)22-12(2)16(19)18-13-6-4-3-5-7-13/h8-10,12-13H,3-7H2,1-2H3,(H,18,19)(H,20,21). The van der Waals surface area contributed by atoms with Gasteiger partial charge in [-0.25, -0.2) is 4.79 Å². The van der Waals surface area contributed by atoms with Crippen LogP contribution >= 0.6 is 0 Å². The number of aromatic carboxylic acids is 1. The van der Waals surface area contributed by atoms with E-state index in [1.165, 1.54) is 12.5 Å². The van der Waals surface area contributed by atoms with Crippen LogP contribution in [0.2, 0.25) is 0 Å². The number of carbonyl (C=O) groups excluding carboxylic acids is 1. The molecule has 1 aromatic rings. The van der Waals surface area contributed by atoms with Crippen LogP contribution in [0.25, 0.3) is 0 Å². The molecule has 1 saturated carbocycles. The lowest BCUT2D eigenvalue weighted by molar-refractivity contribution is -0.128. The van der Waals surface area contributed by atoms with Gasteiger partial charge in [0.15, 0.2) is 6.10 Å². The number of ether oxygens (including phenoxy) is 1. The fourth-order valence-corrected chi connectivity index (χ4v) is 2.73. The number of hydrogen-bond acceptors (Lipinski definition) is 3. The van der Waals surface area contributed by atoms with Crippen LogP contribution in [0, 0.1) is 6.92 Å². The van der Waals surface area contributed by atoms with Gasteiger partial charge in [0.25, 0.3) is 5.91 Å². The highest BCUT2D eigenvalue weighted by molar-refractivity contribution is 5.89. The van der Waals surface area contributed by atoms with Gasteiger partial charge >= 0.3 is 5.97 Å². The highest BCUT2D eigenvalue weighted by atomic mass is 16.5. The minimum absolute atomic E-state index is 0.149. The van der Waals surface area contributed by atoms with Gasteiger partial charge in [-0.05, 0) is 44.4 Å². The first kappa shape index (κ1) is 16.3. The Labute approximate surface area is 130 Å². The molecule has 1 aliphatic rings. The molecule has 0 aliphatic heterocycles. The Morgan fingerprint density at radius 1 is 1.27 bits per heavy atom. The van der Waals surface area contributed by atoms with E-state index in [4.69, 9.17) is 9.84 Å². The number of carboxylic acid groups (broad SMARTS) is 1. The van der Waals surface area contributed by atoms with Crippen molar-refractivity contribution in [2.24, 2.45) is 0 Å². The maximum Gasteiger partial charge on any atom is 0.336 e. The highest BCUT2D eigenvalue weighted by Crippen LogP contribution is 2.20. The van der Waals surface area contributed by atoms with Crippen molar-refractivity contribution >= 4 is 11.9 Å². The van der Waals surface area contributed by atoms with Crippen molar-refractivity contribution in [3.63, 3.8) is 0 Å². The molecule has 1 unspecified atom stereocenters. The number of hydrogen-bond donors (Lipinski definition) is 2. The summed E-state index contributed by atoms with van der Waals surface area (Å²) in [6.07, 6.45) is 4.93. The van der Waals surface area contributed by atoms with E-state index >= 15 is 0 Å². The van der Waals surface area contributed by atoms with Crippen LogP contribution in [-0.4, -0.2) is 29.1 Å². The summed E-state index contributed by atoms with van der Waals surface area (Å²) >= 11 is 0. The lowest BCUT2D eigenvalue weighted by Gasteiger charge is -2.24. The number of benzene rings is 1. The average molecular weight is 305 g/mol. The molecule has 5 nitrogen and oxygen atoms in total. The van der Waals surface area contributed by atoms with Crippen LogP contribution in [0.5, 0.6) is 5.75 Å². The van der Waals surface area contributed by atoms with E-state index in [0.717, 1.165) is 25.7 Å². The van der Waals surface area contributed by atoms with Gasteiger partial charge in [0, 0.05) is 6.04 Å². The van der Waals surface area contributed by atoms with E-state index in [1.54, 1.807) is 26.0 Å². The summed E-state index contributed by atoms with van der Waals surface area (Å²) < 4.78 is 5.59. The topological polar surface area (TPSA) is 75.6 Å². The summed E-state index contributed by atoms with van der Waals surface area (Å²) in [6, 6.07) is 5.07. The zero-order valence-electron chi connectivity index (χ0n) is 13.1. The van der Waals surface area contributed by atoms with Crippen LogP contribution in [0.3, 0.4) is 0 Å². The second-order valence-corrected chi connectivity index (χ2v) is 5.89. The summed E-state index contributed by atoms with van der Waals surface area (Å²) in [5.41, 5.74) is 0.858. The molecule has 120 valence electrons. The molecular weight excluding hydrogens is 282 g/mol. The van der Waals surface area contributed by atoms with E-state index in [-0.39, 0.29) is 17.5 Å². The Morgan fingerprint density at radius 3 is 2.59 bits per heavy atom. The molecule has 1 aromatic carbocycles. The molecule has 1 fully saturated rings. The minimum Gasteiger partial charge on any atom is -0.481 e. The quantitative estimate of drug-likeness (QED) is 0.877. The predicted molar refractivity (Wildman–Crippen MR) is 83.2 cm³/mol. The van der Waals surface area contributed by atoms with Crippen LogP contribution < -0.4 is 10.1 Å². The Balaban J connectivity index is 1.95. The molecule has 0 bridgehead atoms. The van der Waals surface area contributed by atoms with E-state index in [0.29, 0.717) is 11.3 Å². The van der Waals surface area contributed by atoms with Crippen molar-refractivity contribution in [3.8, 4) is 5.75 Å². The first-order valence-corrected chi connectivity index (χ1v) is 7.78. The first-order chi connectivity index (χ1) is 10.5. The average Bonchev–Trinajstić information content (AvgIpc) is 2.49. The molecule has 1 amide bonds. The second-order valence-electron chi connectivity index (χ2n) is 5.89. The van der Waals surface area contributed by atoms with Crippen molar-refractivity contribution < 1.29 is 19.4 Å². The van der Waals surface area contributed by atoms with Gasteiger partial charge in [0.05, 0.1) is 5.56 Å². The van der Waals surface area contributed by atoms with Crippen LogP contribution in [0.4, 0.5) is 0 Å². The van der Waals surface area contributed by atoms with E-state index in [9.17, 15) is 9.59 Å². The van der Waals surface area contributed by atoms with Crippen LogP contribution in [0.15, 0.2) is 18.2 Å². The van der Waals surface area contributed by atoms with Gasteiger partial charge in [0.1, 0.15) is 5.75 Å². The fourth-order valence-electron chi connectivity index (χ4n) is 2.73. The van der Waals surface area contributed by atoms with Crippen LogP contribution in [-0.2, 0) is 4.79 Å². The van der Waals surface area contributed by atoms with Gasteiger partial charge in [-0.15, -0.1) is 0 Å². The molecule has 1 atom stereocenters. The Kier molecular flexibility index (Phi) is 5.41. The number of carbonyl (C=O) groups is 2. The third-order valence-electron chi connectivity index (χ3n) is 4.07. The lowest BCUT2D eigenvalue weighted by Crippen LogP contribution is -2.43. The van der Waals surface area contributed by atoms with Gasteiger partial charge in [0.2, 0.25) is 0 Å². The summed E-state index contributed by atoms with van der Waals surface area (Å²) in [5.74, 6) is -0.749. The molecule has 2 rings (SSSR count). The predicted octanol–water partition coefficient (Wildman–Crippen LogP) is 2.91. The molecule has 22 heavy (non-hydrogen) atoms. The van der Waals surface area contributed by atoms with Gasteiger partial charge in [-0.1, -0.05) is 25.3 Å². The zero-order chi connectivity index (χ0) is 16.1. The minimum atomic E-state index is -0.998. The smallest absolute Gasteiger partial charge is 0.336 e.